The average Bonchev–Trinajstić information content (AvgIpc) is 2.53. The standard InChI is InChI=1S/C17H20ClNOS/c1-3-13-7-9-14(10-8-13)17(19)12(2)21(20)16-6-4-5-15(18)11-16/h4-12,17H,3,19H2,1-2H3. The van der Waals surface area contributed by atoms with Gasteiger partial charge in [0.15, 0.2) is 0 Å². The van der Waals surface area contributed by atoms with Crippen LogP contribution in [0.2, 0.25) is 5.02 Å². The maximum absolute atomic E-state index is 12.6. The van der Waals surface area contributed by atoms with E-state index in [-0.39, 0.29) is 11.3 Å². The highest BCUT2D eigenvalue weighted by Crippen LogP contribution is 2.24. The van der Waals surface area contributed by atoms with Crippen LogP contribution in [-0.4, -0.2) is 9.46 Å². The molecule has 0 radical (unpaired) electrons. The van der Waals surface area contributed by atoms with E-state index in [2.05, 4.69) is 19.1 Å². The molecular formula is C17H20ClNOS. The zero-order valence-electron chi connectivity index (χ0n) is 12.3. The number of aryl methyl sites for hydroxylation is 1. The number of benzene rings is 2. The van der Waals surface area contributed by atoms with Gasteiger partial charge in [-0.3, -0.25) is 4.21 Å². The predicted octanol–water partition coefficient (Wildman–Crippen LogP) is 4.10. The molecule has 0 spiro atoms. The van der Waals surface area contributed by atoms with Crippen molar-refractivity contribution >= 4 is 22.4 Å². The first-order chi connectivity index (χ1) is 10.0. The highest BCUT2D eigenvalue weighted by Gasteiger charge is 2.22. The maximum Gasteiger partial charge on any atom is 0.0577 e. The second-order valence-corrected chi connectivity index (χ2v) is 7.33. The van der Waals surface area contributed by atoms with Gasteiger partial charge in [-0.05, 0) is 42.7 Å². The van der Waals surface area contributed by atoms with Crippen molar-refractivity contribution in [3.8, 4) is 0 Å². The molecule has 0 fully saturated rings. The maximum atomic E-state index is 12.6. The van der Waals surface area contributed by atoms with Crippen LogP contribution in [0.25, 0.3) is 0 Å². The zero-order chi connectivity index (χ0) is 15.4. The third-order valence-electron chi connectivity index (χ3n) is 3.64. The normalized spacial score (nSPS) is 15.4. The minimum absolute atomic E-state index is 0.184. The highest BCUT2D eigenvalue weighted by atomic mass is 35.5. The van der Waals surface area contributed by atoms with Gasteiger partial charge < -0.3 is 5.73 Å². The largest absolute Gasteiger partial charge is 0.323 e. The second kappa shape index (κ2) is 7.21. The molecule has 0 aliphatic carbocycles. The monoisotopic (exact) mass is 321 g/mol. The molecule has 0 bridgehead atoms. The van der Waals surface area contributed by atoms with Crippen LogP contribution in [0.3, 0.4) is 0 Å². The molecule has 0 amide bonds. The van der Waals surface area contributed by atoms with Crippen LogP contribution >= 0.6 is 11.6 Å². The van der Waals surface area contributed by atoms with E-state index in [4.69, 9.17) is 17.3 Å². The van der Waals surface area contributed by atoms with Crippen LogP contribution in [0.15, 0.2) is 53.4 Å². The lowest BCUT2D eigenvalue weighted by molar-refractivity contribution is 0.643. The molecule has 2 aromatic rings. The molecule has 2 aromatic carbocycles. The number of hydrogen-bond acceptors (Lipinski definition) is 2. The van der Waals surface area contributed by atoms with Gasteiger partial charge in [-0.15, -0.1) is 0 Å². The lowest BCUT2D eigenvalue weighted by Gasteiger charge is -2.20. The van der Waals surface area contributed by atoms with Gasteiger partial charge >= 0.3 is 0 Å². The Hall–Kier alpha value is -1.16. The molecule has 0 saturated heterocycles. The first-order valence-corrected chi connectivity index (χ1v) is 8.62. The van der Waals surface area contributed by atoms with Crippen molar-refractivity contribution in [2.45, 2.75) is 36.5 Å². The minimum Gasteiger partial charge on any atom is -0.323 e. The van der Waals surface area contributed by atoms with Crippen LogP contribution in [0, 0.1) is 0 Å². The molecule has 3 atom stereocenters. The van der Waals surface area contributed by atoms with E-state index in [1.807, 2.05) is 31.2 Å². The zero-order valence-corrected chi connectivity index (χ0v) is 13.8. The first-order valence-electron chi connectivity index (χ1n) is 7.03. The van der Waals surface area contributed by atoms with Crippen molar-refractivity contribution < 1.29 is 4.21 Å². The Morgan fingerprint density at radius 2 is 1.86 bits per heavy atom. The first kappa shape index (κ1) is 16.2. The fourth-order valence-corrected chi connectivity index (χ4v) is 3.75. The van der Waals surface area contributed by atoms with Crippen molar-refractivity contribution in [2.24, 2.45) is 5.73 Å². The van der Waals surface area contributed by atoms with Gasteiger partial charge in [0.1, 0.15) is 0 Å². The third kappa shape index (κ3) is 3.94. The molecule has 0 aliphatic rings. The van der Waals surface area contributed by atoms with Gasteiger partial charge in [0.2, 0.25) is 0 Å². The van der Waals surface area contributed by atoms with Crippen LogP contribution in [0.1, 0.15) is 31.0 Å². The van der Waals surface area contributed by atoms with Gasteiger partial charge in [0, 0.05) is 16.0 Å². The highest BCUT2D eigenvalue weighted by molar-refractivity contribution is 7.85. The van der Waals surface area contributed by atoms with E-state index in [1.165, 1.54) is 5.56 Å². The molecule has 0 heterocycles. The van der Waals surface area contributed by atoms with Crippen LogP contribution in [0.5, 0.6) is 0 Å². The topological polar surface area (TPSA) is 43.1 Å². The van der Waals surface area contributed by atoms with Gasteiger partial charge in [-0.2, -0.15) is 0 Å². The summed E-state index contributed by atoms with van der Waals surface area (Å²) >= 11 is 5.96. The molecule has 112 valence electrons. The summed E-state index contributed by atoms with van der Waals surface area (Å²) in [7, 11) is -1.19. The lowest BCUT2D eigenvalue weighted by Crippen LogP contribution is -2.27. The van der Waals surface area contributed by atoms with Gasteiger partial charge in [-0.25, -0.2) is 0 Å². The summed E-state index contributed by atoms with van der Waals surface area (Å²) < 4.78 is 12.6. The van der Waals surface area contributed by atoms with Crippen LogP contribution in [0.4, 0.5) is 0 Å². The van der Waals surface area contributed by atoms with Gasteiger partial charge in [-0.1, -0.05) is 48.9 Å². The smallest absolute Gasteiger partial charge is 0.0577 e. The Morgan fingerprint density at radius 1 is 1.19 bits per heavy atom. The fourth-order valence-electron chi connectivity index (χ4n) is 2.19. The van der Waals surface area contributed by atoms with Crippen molar-refractivity contribution in [3.63, 3.8) is 0 Å². The van der Waals surface area contributed by atoms with Gasteiger partial charge in [0.05, 0.1) is 16.0 Å². The van der Waals surface area contributed by atoms with E-state index in [1.54, 1.807) is 12.1 Å². The number of hydrogen-bond donors (Lipinski definition) is 1. The SMILES string of the molecule is CCc1ccc(C(N)C(C)S(=O)c2cccc(Cl)c2)cc1. The van der Waals surface area contributed by atoms with Crippen molar-refractivity contribution in [2.75, 3.05) is 0 Å². The van der Waals surface area contributed by atoms with Crippen molar-refractivity contribution in [1.29, 1.82) is 0 Å². The quantitative estimate of drug-likeness (QED) is 0.901. The van der Waals surface area contributed by atoms with Crippen molar-refractivity contribution in [1.82, 2.24) is 0 Å². The van der Waals surface area contributed by atoms with Gasteiger partial charge in [0.25, 0.3) is 0 Å². The molecule has 2 nitrogen and oxygen atoms in total. The van der Waals surface area contributed by atoms with Crippen LogP contribution in [-0.2, 0) is 17.2 Å². The minimum atomic E-state index is -1.19. The van der Waals surface area contributed by atoms with E-state index < -0.39 is 10.8 Å². The molecule has 2 N–H and O–H groups in total. The molecule has 0 aliphatic heterocycles. The summed E-state index contributed by atoms with van der Waals surface area (Å²) in [6.07, 6.45) is 1.000. The summed E-state index contributed by atoms with van der Waals surface area (Å²) in [6.45, 7) is 4.03. The Morgan fingerprint density at radius 3 is 2.43 bits per heavy atom. The van der Waals surface area contributed by atoms with Crippen molar-refractivity contribution in [3.05, 3.63) is 64.7 Å². The molecule has 0 aromatic heterocycles. The molecular weight excluding hydrogens is 302 g/mol. The molecule has 2 rings (SSSR count). The number of nitrogens with two attached hydrogens (primary N) is 1. The molecule has 0 saturated carbocycles. The number of halogens is 1. The summed E-state index contributed by atoms with van der Waals surface area (Å²) in [5, 5.41) is 0.407. The Labute approximate surface area is 133 Å². The summed E-state index contributed by atoms with van der Waals surface area (Å²) in [6, 6.07) is 15.1. The van der Waals surface area contributed by atoms with E-state index in [9.17, 15) is 4.21 Å². The Bertz CT molecular complexity index is 627. The molecule has 4 heteroatoms. The lowest BCUT2D eigenvalue weighted by atomic mass is 10.0. The summed E-state index contributed by atoms with van der Waals surface area (Å²) in [4.78, 5) is 0.718. The Kier molecular flexibility index (Phi) is 5.57. The third-order valence-corrected chi connectivity index (χ3v) is 5.57. The predicted molar refractivity (Wildman–Crippen MR) is 90.1 cm³/mol. The van der Waals surface area contributed by atoms with E-state index >= 15 is 0 Å². The van der Waals surface area contributed by atoms with Crippen LogP contribution < -0.4 is 5.73 Å². The van der Waals surface area contributed by atoms with E-state index in [0.29, 0.717) is 5.02 Å². The molecule has 3 unspecified atom stereocenters. The second-order valence-electron chi connectivity index (χ2n) is 5.08. The van der Waals surface area contributed by atoms with E-state index in [0.717, 1.165) is 16.9 Å². The fraction of sp³-hybridized carbons (Fsp3) is 0.294. The number of rotatable bonds is 5. The Balaban J connectivity index is 2.17. The summed E-state index contributed by atoms with van der Waals surface area (Å²) in [5.41, 5.74) is 8.56. The average molecular weight is 322 g/mol. The molecule has 21 heavy (non-hydrogen) atoms. The summed E-state index contributed by atoms with van der Waals surface area (Å²) in [5.74, 6) is 0.